The number of rotatable bonds is 7. The van der Waals surface area contributed by atoms with Gasteiger partial charge < -0.3 is 15.4 Å². The van der Waals surface area contributed by atoms with Crippen LogP contribution in [0.4, 0.5) is 5.69 Å². The van der Waals surface area contributed by atoms with Crippen LogP contribution in [-0.4, -0.2) is 43.5 Å². The Kier molecular flexibility index (Phi) is 6.66. The van der Waals surface area contributed by atoms with Crippen LogP contribution in [0.25, 0.3) is 0 Å². The number of nitrogens with zero attached hydrogens (tertiary/aromatic N) is 1. The molecule has 0 saturated carbocycles. The minimum absolute atomic E-state index is 0.121. The second kappa shape index (κ2) is 9.37. The Morgan fingerprint density at radius 2 is 1.82 bits per heavy atom. The number of carbonyl (C=O) groups excluding carboxylic acids is 2. The molecule has 2 amide bonds. The number of amides is 2. The minimum Gasteiger partial charge on any atom is -0.497 e. The smallest absolute Gasteiger partial charge is 0.251 e. The predicted molar refractivity (Wildman–Crippen MR) is 110 cm³/mol. The van der Waals surface area contributed by atoms with E-state index in [-0.39, 0.29) is 17.9 Å². The molecule has 1 fully saturated rings. The van der Waals surface area contributed by atoms with Gasteiger partial charge in [0.2, 0.25) is 5.91 Å². The first-order chi connectivity index (χ1) is 13.6. The van der Waals surface area contributed by atoms with Gasteiger partial charge in [0.1, 0.15) is 5.75 Å². The highest BCUT2D eigenvalue weighted by Gasteiger charge is 2.24. The van der Waals surface area contributed by atoms with E-state index < -0.39 is 0 Å². The van der Waals surface area contributed by atoms with Crippen molar-refractivity contribution >= 4 is 17.5 Å². The van der Waals surface area contributed by atoms with Crippen molar-refractivity contribution in [1.82, 2.24) is 10.2 Å². The molecule has 1 aliphatic rings. The Bertz CT molecular complexity index is 814. The number of benzene rings is 2. The summed E-state index contributed by atoms with van der Waals surface area (Å²) < 4.78 is 5.26. The van der Waals surface area contributed by atoms with Crippen LogP contribution < -0.4 is 15.4 Å². The zero-order chi connectivity index (χ0) is 19.9. The van der Waals surface area contributed by atoms with Crippen LogP contribution in [0.15, 0.2) is 48.5 Å². The second-order valence-electron chi connectivity index (χ2n) is 7.00. The molecule has 0 aromatic heterocycles. The van der Waals surface area contributed by atoms with Crippen LogP contribution in [0.3, 0.4) is 0 Å². The van der Waals surface area contributed by atoms with Crippen molar-refractivity contribution in [3.8, 4) is 5.75 Å². The average molecular weight is 381 g/mol. The van der Waals surface area contributed by atoms with Gasteiger partial charge in [-0.25, -0.2) is 0 Å². The monoisotopic (exact) mass is 381 g/mol. The van der Waals surface area contributed by atoms with E-state index in [2.05, 4.69) is 27.7 Å². The molecular formula is C22H27N3O3. The van der Waals surface area contributed by atoms with Crippen molar-refractivity contribution in [2.24, 2.45) is 0 Å². The fourth-order valence-electron chi connectivity index (χ4n) is 3.57. The Hall–Kier alpha value is -2.86. The normalized spacial score (nSPS) is 15.1. The number of carbonyl (C=O) groups is 2. The molecule has 2 aromatic carbocycles. The van der Waals surface area contributed by atoms with Gasteiger partial charge in [0.15, 0.2) is 0 Å². The quantitative estimate of drug-likeness (QED) is 0.773. The van der Waals surface area contributed by atoms with Crippen LogP contribution in [0.2, 0.25) is 0 Å². The summed E-state index contributed by atoms with van der Waals surface area (Å²) in [6, 6.07) is 15.1. The lowest BCUT2D eigenvalue weighted by Crippen LogP contribution is -2.36. The zero-order valence-electron chi connectivity index (χ0n) is 16.4. The molecule has 0 aliphatic carbocycles. The number of nitrogens with one attached hydrogen (secondary N) is 2. The first kappa shape index (κ1) is 19.9. The molecule has 3 rings (SSSR count). The van der Waals surface area contributed by atoms with Crippen LogP contribution in [0.1, 0.15) is 41.7 Å². The summed E-state index contributed by atoms with van der Waals surface area (Å²) in [4.78, 5) is 26.3. The number of hydrogen-bond acceptors (Lipinski definition) is 4. The lowest BCUT2D eigenvalue weighted by atomic mass is 10.0. The summed E-state index contributed by atoms with van der Waals surface area (Å²) in [5.41, 5.74) is 2.31. The SMILES string of the molecule is COc1ccc(C(CNC(=O)c2cccc(NC(C)=O)c2)N2CCCC2)cc1. The van der Waals surface area contributed by atoms with Gasteiger partial charge in [-0.1, -0.05) is 18.2 Å². The van der Waals surface area contributed by atoms with Crippen molar-refractivity contribution in [3.05, 3.63) is 59.7 Å². The summed E-state index contributed by atoms with van der Waals surface area (Å²) in [6.07, 6.45) is 2.36. The molecule has 2 aromatic rings. The summed E-state index contributed by atoms with van der Waals surface area (Å²) in [5, 5.41) is 5.77. The van der Waals surface area contributed by atoms with Crippen molar-refractivity contribution < 1.29 is 14.3 Å². The van der Waals surface area contributed by atoms with Crippen molar-refractivity contribution in [2.75, 3.05) is 32.1 Å². The first-order valence-electron chi connectivity index (χ1n) is 9.60. The Balaban J connectivity index is 1.70. The molecule has 0 spiro atoms. The molecule has 0 bridgehead atoms. The van der Waals surface area contributed by atoms with E-state index in [0.29, 0.717) is 17.8 Å². The zero-order valence-corrected chi connectivity index (χ0v) is 16.4. The summed E-state index contributed by atoms with van der Waals surface area (Å²) in [5.74, 6) is 0.513. The van der Waals surface area contributed by atoms with Gasteiger partial charge in [-0.2, -0.15) is 0 Å². The number of likely N-dealkylation sites (tertiary alicyclic amines) is 1. The van der Waals surface area contributed by atoms with Crippen LogP contribution in [-0.2, 0) is 4.79 Å². The fraction of sp³-hybridized carbons (Fsp3) is 0.364. The van der Waals surface area contributed by atoms with E-state index in [0.717, 1.165) is 24.4 Å². The molecule has 1 aliphatic heterocycles. The van der Waals surface area contributed by atoms with Crippen LogP contribution in [0.5, 0.6) is 5.75 Å². The fourth-order valence-corrected chi connectivity index (χ4v) is 3.57. The van der Waals surface area contributed by atoms with Crippen LogP contribution in [0, 0.1) is 0 Å². The summed E-state index contributed by atoms with van der Waals surface area (Å²) >= 11 is 0. The van der Waals surface area contributed by atoms with E-state index in [1.54, 1.807) is 31.4 Å². The maximum absolute atomic E-state index is 12.7. The third-order valence-corrected chi connectivity index (χ3v) is 4.98. The lowest BCUT2D eigenvalue weighted by molar-refractivity contribution is -0.114. The molecule has 6 heteroatoms. The first-order valence-corrected chi connectivity index (χ1v) is 9.60. The standard InChI is InChI=1S/C22H27N3O3/c1-16(26)24-19-7-5-6-18(14-19)22(27)23-15-21(25-12-3-4-13-25)17-8-10-20(28-2)11-9-17/h5-11,14,21H,3-4,12-13,15H2,1-2H3,(H,23,27)(H,24,26). The molecule has 28 heavy (non-hydrogen) atoms. The maximum Gasteiger partial charge on any atom is 0.251 e. The molecule has 6 nitrogen and oxygen atoms in total. The van der Waals surface area contributed by atoms with Gasteiger partial charge in [-0.15, -0.1) is 0 Å². The molecular weight excluding hydrogens is 354 g/mol. The Morgan fingerprint density at radius 3 is 2.46 bits per heavy atom. The van der Waals surface area contributed by atoms with Gasteiger partial charge in [0.25, 0.3) is 5.91 Å². The van der Waals surface area contributed by atoms with E-state index in [9.17, 15) is 9.59 Å². The second-order valence-corrected chi connectivity index (χ2v) is 7.00. The molecule has 1 heterocycles. The summed E-state index contributed by atoms with van der Waals surface area (Å²) in [6.45, 7) is 4.03. The molecule has 148 valence electrons. The van der Waals surface area contributed by atoms with Gasteiger partial charge in [0, 0.05) is 24.7 Å². The lowest BCUT2D eigenvalue weighted by Gasteiger charge is -2.28. The Morgan fingerprint density at radius 1 is 1.11 bits per heavy atom. The van der Waals surface area contributed by atoms with E-state index >= 15 is 0 Å². The topological polar surface area (TPSA) is 70.7 Å². The highest BCUT2D eigenvalue weighted by molar-refractivity contribution is 5.96. The van der Waals surface area contributed by atoms with Gasteiger partial charge in [-0.05, 0) is 61.8 Å². The molecule has 2 N–H and O–H groups in total. The third-order valence-electron chi connectivity index (χ3n) is 4.98. The highest BCUT2D eigenvalue weighted by atomic mass is 16.5. The van der Waals surface area contributed by atoms with Crippen molar-refractivity contribution in [2.45, 2.75) is 25.8 Å². The maximum atomic E-state index is 12.7. The predicted octanol–water partition coefficient (Wildman–Crippen LogP) is 3.22. The van der Waals surface area contributed by atoms with Gasteiger partial charge in [0.05, 0.1) is 13.2 Å². The van der Waals surface area contributed by atoms with E-state index in [4.69, 9.17) is 4.74 Å². The van der Waals surface area contributed by atoms with E-state index in [1.165, 1.54) is 19.8 Å². The Labute approximate surface area is 165 Å². The molecule has 1 atom stereocenters. The van der Waals surface area contributed by atoms with Gasteiger partial charge >= 0.3 is 0 Å². The third kappa shape index (κ3) is 5.10. The van der Waals surface area contributed by atoms with E-state index in [1.807, 2.05) is 12.1 Å². The van der Waals surface area contributed by atoms with Crippen molar-refractivity contribution in [3.63, 3.8) is 0 Å². The molecule has 0 radical (unpaired) electrons. The number of methoxy groups -OCH3 is 1. The van der Waals surface area contributed by atoms with Gasteiger partial charge in [-0.3, -0.25) is 14.5 Å². The van der Waals surface area contributed by atoms with Crippen molar-refractivity contribution in [1.29, 1.82) is 0 Å². The minimum atomic E-state index is -0.161. The number of hydrogen-bond donors (Lipinski definition) is 2. The summed E-state index contributed by atoms with van der Waals surface area (Å²) in [7, 11) is 1.66. The van der Waals surface area contributed by atoms with Crippen LogP contribution >= 0.6 is 0 Å². The number of ether oxygens (including phenoxy) is 1. The molecule has 1 saturated heterocycles. The molecule has 1 unspecified atom stereocenters. The average Bonchev–Trinajstić information content (AvgIpc) is 3.22. The largest absolute Gasteiger partial charge is 0.497 e. The number of anilines is 1. The highest BCUT2D eigenvalue weighted by Crippen LogP contribution is 2.26.